The molecule has 4 saturated heterocycles. The molecule has 0 aromatic rings. The van der Waals surface area contributed by atoms with Crippen LogP contribution in [0.3, 0.4) is 0 Å². The van der Waals surface area contributed by atoms with Gasteiger partial charge in [0.2, 0.25) is 0 Å². The molecule has 0 atom stereocenters. The van der Waals surface area contributed by atoms with Crippen molar-refractivity contribution in [1.82, 2.24) is 19.6 Å². The van der Waals surface area contributed by atoms with Crippen LogP contribution in [0.4, 0.5) is 0 Å². The summed E-state index contributed by atoms with van der Waals surface area (Å²) in [7, 11) is 0. The first kappa shape index (κ1) is 17.6. The van der Waals surface area contributed by atoms with Crippen LogP contribution in [0.2, 0.25) is 0 Å². The molecule has 0 aliphatic carbocycles. The second kappa shape index (κ2) is 6.75. The van der Waals surface area contributed by atoms with Gasteiger partial charge in [-0.1, -0.05) is 0 Å². The Bertz CT molecular complexity index is 117. The number of hydrogen-bond acceptors (Lipinski definition) is 4. The minimum atomic E-state index is 0. The van der Waals surface area contributed by atoms with Gasteiger partial charge in [0.25, 0.3) is 0 Å². The van der Waals surface area contributed by atoms with Crippen LogP contribution in [-0.4, -0.2) is 59.6 Å². The van der Waals surface area contributed by atoms with Crippen LogP contribution in [0.15, 0.2) is 0 Å². The molecule has 0 saturated carbocycles. The van der Waals surface area contributed by atoms with Crippen molar-refractivity contribution < 1.29 is 54.6 Å². The molecule has 4 fully saturated rings. The summed E-state index contributed by atoms with van der Waals surface area (Å²) in [5, 5.41) is 0. The fourth-order valence-electron chi connectivity index (χ4n) is 2.23. The molecule has 0 unspecified atom stereocenters. The summed E-state index contributed by atoms with van der Waals surface area (Å²) in [6, 6.07) is 0. The van der Waals surface area contributed by atoms with Crippen molar-refractivity contribution in [3.8, 4) is 0 Å². The maximum Gasteiger partial charge on any atom is 3.00 e. The van der Waals surface area contributed by atoms with Crippen LogP contribution in [0.1, 0.15) is 0 Å². The van der Waals surface area contributed by atoms with E-state index < -0.39 is 0 Å². The molecule has 14 heavy (non-hydrogen) atoms. The molecule has 4 rings (SSSR count). The fraction of sp³-hybridized carbons (Fsp3) is 1.00. The van der Waals surface area contributed by atoms with Crippen LogP contribution in [-0.2, 0) is 17.4 Å². The van der Waals surface area contributed by atoms with Crippen molar-refractivity contribution in [2.45, 2.75) is 0 Å². The van der Waals surface area contributed by atoms with Crippen molar-refractivity contribution in [1.29, 1.82) is 0 Å². The van der Waals surface area contributed by atoms with Crippen LogP contribution < -0.4 is 37.2 Å². The van der Waals surface area contributed by atoms with Gasteiger partial charge in [-0.2, -0.15) is 0 Å². The Kier molecular flexibility index (Phi) is 8.49. The summed E-state index contributed by atoms with van der Waals surface area (Å²) in [5.74, 6) is 0. The van der Waals surface area contributed by atoms with E-state index in [0.29, 0.717) is 0 Å². The van der Waals surface area contributed by atoms with Gasteiger partial charge in [0.05, 0.1) is 40.0 Å². The first-order valence-corrected chi connectivity index (χ1v) is 3.79. The molecule has 0 amide bonds. The van der Waals surface area contributed by atoms with Gasteiger partial charge in [0, 0.05) is 0 Å². The van der Waals surface area contributed by atoms with Crippen molar-refractivity contribution in [3.63, 3.8) is 0 Å². The maximum absolute atomic E-state index is 2.47. The minimum Gasteiger partial charge on any atom is -1.00 e. The van der Waals surface area contributed by atoms with Gasteiger partial charge < -0.3 is 37.2 Å². The van der Waals surface area contributed by atoms with E-state index in [2.05, 4.69) is 19.6 Å². The van der Waals surface area contributed by atoms with Crippen LogP contribution in [0, 0.1) is 0 Å². The van der Waals surface area contributed by atoms with Crippen LogP contribution in [0.5, 0.6) is 0 Å². The molecular weight excluding hydrogens is 286 g/mol. The molecule has 8 heteroatoms. The first-order valence-electron chi connectivity index (χ1n) is 3.79. The van der Waals surface area contributed by atoms with E-state index in [4.69, 9.17) is 0 Å². The van der Waals surface area contributed by atoms with Crippen molar-refractivity contribution in [2.75, 3.05) is 40.0 Å². The molecule has 4 aliphatic heterocycles. The van der Waals surface area contributed by atoms with E-state index in [-0.39, 0.29) is 54.6 Å². The number of rotatable bonds is 0. The fourth-order valence-corrected chi connectivity index (χ4v) is 2.23. The smallest absolute Gasteiger partial charge is 1.00 e. The quantitative estimate of drug-likeness (QED) is 0.440. The van der Waals surface area contributed by atoms with Gasteiger partial charge in [-0.3, -0.25) is 19.6 Å². The number of halogens is 3. The molecule has 4 nitrogen and oxygen atoms in total. The Balaban J connectivity index is 0. The second-order valence-corrected chi connectivity index (χ2v) is 3.53. The zero-order valence-corrected chi connectivity index (χ0v) is 11.1. The molecule has 83 valence electrons. The van der Waals surface area contributed by atoms with Crippen LogP contribution in [0.25, 0.3) is 0 Å². The number of hydrogen-bond donors (Lipinski definition) is 0. The molecule has 1 radical (unpaired) electrons. The topological polar surface area (TPSA) is 13.0 Å². The summed E-state index contributed by atoms with van der Waals surface area (Å²) in [5.41, 5.74) is 0. The van der Waals surface area contributed by atoms with E-state index in [1.165, 1.54) is 40.0 Å². The van der Waals surface area contributed by atoms with Crippen molar-refractivity contribution in [3.05, 3.63) is 0 Å². The summed E-state index contributed by atoms with van der Waals surface area (Å²) in [6.07, 6.45) is 0. The largest absolute Gasteiger partial charge is 3.00 e. The third kappa shape index (κ3) is 3.11. The van der Waals surface area contributed by atoms with E-state index >= 15 is 0 Å². The third-order valence-electron chi connectivity index (χ3n) is 2.40. The molecule has 4 heterocycles. The summed E-state index contributed by atoms with van der Waals surface area (Å²) < 4.78 is 0. The number of nitrogens with zero attached hydrogens (tertiary/aromatic N) is 4. The van der Waals surface area contributed by atoms with Gasteiger partial charge in [0.1, 0.15) is 0 Å². The first-order chi connectivity index (χ1) is 4.90. The average molecular weight is 299 g/mol. The molecular formula is C6H12Cl3CrN4. The van der Waals surface area contributed by atoms with E-state index in [9.17, 15) is 0 Å². The standard InChI is InChI=1S/C6H12N4.3ClH.Cr/c1-7-2-9-4-8(1)5-10(3-7)6-9;;;;/h1-6H2;3*1H;/q;;;;+3/p-3. The Morgan fingerprint density at radius 2 is 0.571 bits per heavy atom. The SMILES string of the molecule is C1N2CN3CN1CN(C2)C3.[Cl-].[Cl-].[Cl-].[Cr+3]. The third-order valence-corrected chi connectivity index (χ3v) is 2.40. The maximum atomic E-state index is 2.47. The zero-order chi connectivity index (χ0) is 6.55. The van der Waals surface area contributed by atoms with Crippen LogP contribution >= 0.6 is 0 Å². The predicted octanol–water partition coefficient (Wildman–Crippen LogP) is -10.0. The van der Waals surface area contributed by atoms with Gasteiger partial charge in [-0.15, -0.1) is 0 Å². The van der Waals surface area contributed by atoms with Gasteiger partial charge >= 0.3 is 17.4 Å². The molecule has 0 aromatic carbocycles. The zero-order valence-electron chi connectivity index (χ0n) is 7.57. The Morgan fingerprint density at radius 3 is 0.714 bits per heavy atom. The van der Waals surface area contributed by atoms with Gasteiger partial charge in [-0.25, -0.2) is 0 Å². The van der Waals surface area contributed by atoms with E-state index in [1.807, 2.05) is 0 Å². The molecule has 0 aromatic heterocycles. The molecule has 4 bridgehead atoms. The van der Waals surface area contributed by atoms with E-state index in [0.717, 1.165) is 0 Å². The summed E-state index contributed by atoms with van der Waals surface area (Å²) in [6.45, 7) is 7.12. The minimum absolute atomic E-state index is 0. The molecule has 4 aliphatic rings. The predicted molar refractivity (Wildman–Crippen MR) is 36.6 cm³/mol. The second-order valence-electron chi connectivity index (χ2n) is 3.53. The molecule has 0 N–H and O–H groups in total. The Labute approximate surface area is 114 Å². The van der Waals surface area contributed by atoms with Crippen molar-refractivity contribution in [2.24, 2.45) is 0 Å². The van der Waals surface area contributed by atoms with Crippen molar-refractivity contribution >= 4 is 0 Å². The Hall–Kier alpha value is 1.24. The summed E-state index contributed by atoms with van der Waals surface area (Å²) >= 11 is 0. The van der Waals surface area contributed by atoms with Gasteiger partial charge in [-0.05, 0) is 0 Å². The van der Waals surface area contributed by atoms with Gasteiger partial charge in [0.15, 0.2) is 0 Å². The van der Waals surface area contributed by atoms with E-state index in [1.54, 1.807) is 0 Å². The average Bonchev–Trinajstić information content (AvgIpc) is 1.82. The molecule has 0 spiro atoms. The monoisotopic (exact) mass is 297 g/mol. The Morgan fingerprint density at radius 1 is 0.429 bits per heavy atom. The normalized spacial score (nSPS) is 41.1. The summed E-state index contributed by atoms with van der Waals surface area (Å²) in [4.78, 5) is 9.88.